The molecule has 2 rings (SSSR count). The van der Waals surface area contributed by atoms with Crippen LogP contribution < -0.4 is 16.0 Å². The van der Waals surface area contributed by atoms with Crippen molar-refractivity contribution >= 4 is 15.9 Å². The van der Waals surface area contributed by atoms with Crippen LogP contribution in [0.1, 0.15) is 17.3 Å². The van der Waals surface area contributed by atoms with Gasteiger partial charge in [0.1, 0.15) is 12.1 Å². The number of halogens is 2. The predicted octanol–water partition coefficient (Wildman–Crippen LogP) is 2.13. The summed E-state index contributed by atoms with van der Waals surface area (Å²) in [6.07, 6.45) is 1.97. The molecular formula is C13H14BrFN4O. The van der Waals surface area contributed by atoms with E-state index < -0.39 is 0 Å². The van der Waals surface area contributed by atoms with Gasteiger partial charge in [-0.05, 0) is 24.1 Å². The average molecular weight is 341 g/mol. The predicted molar refractivity (Wildman–Crippen MR) is 76.5 cm³/mol. The van der Waals surface area contributed by atoms with E-state index in [1.54, 1.807) is 12.1 Å². The van der Waals surface area contributed by atoms with E-state index >= 15 is 0 Å². The van der Waals surface area contributed by atoms with Gasteiger partial charge in [0.15, 0.2) is 0 Å². The highest BCUT2D eigenvalue weighted by molar-refractivity contribution is 9.10. The maximum absolute atomic E-state index is 13.1. The van der Waals surface area contributed by atoms with Gasteiger partial charge in [-0.15, -0.1) is 0 Å². The van der Waals surface area contributed by atoms with E-state index in [9.17, 15) is 4.39 Å². The van der Waals surface area contributed by atoms with Gasteiger partial charge in [-0.3, -0.25) is 11.3 Å². The number of nitrogens with one attached hydrogen (secondary N) is 1. The summed E-state index contributed by atoms with van der Waals surface area (Å²) in [5.74, 6) is 5.76. The molecule has 0 bridgehead atoms. The lowest BCUT2D eigenvalue weighted by molar-refractivity contribution is 0.393. The number of hydrazine groups is 1. The van der Waals surface area contributed by atoms with Crippen molar-refractivity contribution in [2.75, 3.05) is 7.11 Å². The summed E-state index contributed by atoms with van der Waals surface area (Å²) < 4.78 is 18.8. The number of methoxy groups -OCH3 is 1. The molecule has 0 saturated carbocycles. The number of benzene rings is 1. The highest BCUT2D eigenvalue weighted by Gasteiger charge is 2.15. The van der Waals surface area contributed by atoms with Crippen LogP contribution in [0.3, 0.4) is 0 Å². The van der Waals surface area contributed by atoms with Crippen LogP contribution in [0.4, 0.5) is 4.39 Å². The lowest BCUT2D eigenvalue weighted by Crippen LogP contribution is -2.30. The zero-order valence-electron chi connectivity index (χ0n) is 10.8. The first kappa shape index (κ1) is 14.8. The molecule has 20 heavy (non-hydrogen) atoms. The molecule has 1 atom stereocenters. The topological polar surface area (TPSA) is 73.1 Å². The third-order valence-electron chi connectivity index (χ3n) is 2.87. The van der Waals surface area contributed by atoms with Gasteiger partial charge < -0.3 is 4.74 Å². The Balaban J connectivity index is 2.23. The van der Waals surface area contributed by atoms with Gasteiger partial charge in [0.05, 0.1) is 18.8 Å². The molecule has 0 aliphatic rings. The Labute approximate surface area is 124 Å². The SMILES string of the molecule is COc1cc(C(Cc2ccc(F)cc2Br)NN)ncn1. The quantitative estimate of drug-likeness (QED) is 0.644. The summed E-state index contributed by atoms with van der Waals surface area (Å²) >= 11 is 3.34. The molecule has 1 heterocycles. The van der Waals surface area contributed by atoms with Crippen molar-refractivity contribution in [3.63, 3.8) is 0 Å². The fourth-order valence-corrected chi connectivity index (χ4v) is 2.32. The van der Waals surface area contributed by atoms with Crippen LogP contribution in [-0.2, 0) is 6.42 Å². The second-order valence-corrected chi connectivity index (χ2v) is 5.00. The van der Waals surface area contributed by atoms with Crippen molar-refractivity contribution in [1.29, 1.82) is 0 Å². The molecule has 2 aromatic rings. The first-order valence-electron chi connectivity index (χ1n) is 5.90. The van der Waals surface area contributed by atoms with Gasteiger partial charge in [0, 0.05) is 10.5 Å². The highest BCUT2D eigenvalue weighted by Crippen LogP contribution is 2.24. The van der Waals surface area contributed by atoms with Gasteiger partial charge in [-0.2, -0.15) is 0 Å². The lowest BCUT2D eigenvalue weighted by Gasteiger charge is -2.16. The number of nitrogens with zero attached hydrogens (tertiary/aromatic N) is 2. The summed E-state index contributed by atoms with van der Waals surface area (Å²) in [5.41, 5.74) is 4.33. The summed E-state index contributed by atoms with van der Waals surface area (Å²) in [5, 5.41) is 0. The van der Waals surface area contributed by atoms with Gasteiger partial charge >= 0.3 is 0 Å². The minimum absolute atomic E-state index is 0.228. The molecule has 3 N–H and O–H groups in total. The molecule has 0 fully saturated rings. The van der Waals surface area contributed by atoms with E-state index in [-0.39, 0.29) is 11.9 Å². The minimum Gasteiger partial charge on any atom is -0.481 e. The summed E-state index contributed by atoms with van der Waals surface area (Å²) in [4.78, 5) is 8.13. The maximum Gasteiger partial charge on any atom is 0.216 e. The van der Waals surface area contributed by atoms with Gasteiger partial charge in [-0.1, -0.05) is 22.0 Å². The van der Waals surface area contributed by atoms with E-state index in [2.05, 4.69) is 31.3 Å². The van der Waals surface area contributed by atoms with Crippen LogP contribution in [-0.4, -0.2) is 17.1 Å². The molecule has 1 unspecified atom stereocenters. The molecule has 1 aromatic heterocycles. The zero-order chi connectivity index (χ0) is 14.5. The maximum atomic E-state index is 13.1. The molecule has 106 valence electrons. The molecule has 0 radical (unpaired) electrons. The van der Waals surface area contributed by atoms with Gasteiger partial charge in [0.25, 0.3) is 0 Å². The van der Waals surface area contributed by atoms with E-state index in [1.165, 1.54) is 25.6 Å². The second-order valence-electron chi connectivity index (χ2n) is 4.14. The van der Waals surface area contributed by atoms with E-state index in [1.807, 2.05) is 0 Å². The summed E-state index contributed by atoms with van der Waals surface area (Å²) in [6.45, 7) is 0. The molecule has 0 amide bonds. The van der Waals surface area contributed by atoms with Crippen LogP contribution in [0.2, 0.25) is 0 Å². The van der Waals surface area contributed by atoms with Crippen molar-refractivity contribution in [1.82, 2.24) is 15.4 Å². The van der Waals surface area contributed by atoms with Crippen molar-refractivity contribution < 1.29 is 9.13 Å². The fraction of sp³-hybridized carbons (Fsp3) is 0.231. The number of aromatic nitrogens is 2. The number of hydrogen-bond donors (Lipinski definition) is 2. The number of rotatable bonds is 5. The average Bonchev–Trinajstić information content (AvgIpc) is 2.46. The molecule has 0 aliphatic heterocycles. The van der Waals surface area contributed by atoms with Crippen molar-refractivity contribution in [2.45, 2.75) is 12.5 Å². The number of nitrogens with two attached hydrogens (primary N) is 1. The van der Waals surface area contributed by atoms with Crippen molar-refractivity contribution in [3.05, 3.63) is 52.1 Å². The Kier molecular flexibility index (Phi) is 4.99. The molecule has 0 saturated heterocycles. The third kappa shape index (κ3) is 3.50. The van der Waals surface area contributed by atoms with Crippen LogP contribution in [0.25, 0.3) is 0 Å². The summed E-state index contributed by atoms with van der Waals surface area (Å²) in [7, 11) is 1.54. The monoisotopic (exact) mass is 340 g/mol. The first-order valence-corrected chi connectivity index (χ1v) is 6.69. The Hall–Kier alpha value is -1.57. The smallest absolute Gasteiger partial charge is 0.216 e. The normalized spacial score (nSPS) is 12.2. The van der Waals surface area contributed by atoms with Gasteiger partial charge in [-0.25, -0.2) is 14.4 Å². The molecule has 0 aliphatic carbocycles. The Morgan fingerprint density at radius 3 is 2.85 bits per heavy atom. The van der Waals surface area contributed by atoms with Crippen molar-refractivity contribution in [2.24, 2.45) is 5.84 Å². The Morgan fingerprint density at radius 1 is 1.40 bits per heavy atom. The van der Waals surface area contributed by atoms with Crippen LogP contribution in [0, 0.1) is 5.82 Å². The minimum atomic E-state index is -0.290. The third-order valence-corrected chi connectivity index (χ3v) is 3.61. The largest absolute Gasteiger partial charge is 0.481 e. The van der Waals surface area contributed by atoms with E-state index in [0.29, 0.717) is 22.5 Å². The molecule has 5 nitrogen and oxygen atoms in total. The van der Waals surface area contributed by atoms with Gasteiger partial charge in [0.2, 0.25) is 5.88 Å². The Morgan fingerprint density at radius 2 is 2.20 bits per heavy atom. The molecule has 7 heteroatoms. The first-order chi connectivity index (χ1) is 9.63. The zero-order valence-corrected chi connectivity index (χ0v) is 12.4. The molecule has 0 spiro atoms. The standard InChI is InChI=1S/C13H14BrFN4O/c1-20-13-6-11(17-7-18-13)12(19-16)4-8-2-3-9(15)5-10(8)14/h2-3,5-7,12,19H,4,16H2,1H3. The Bertz CT molecular complexity index is 596. The number of ether oxygens (including phenoxy) is 1. The van der Waals surface area contributed by atoms with E-state index in [4.69, 9.17) is 10.6 Å². The van der Waals surface area contributed by atoms with Crippen LogP contribution in [0.15, 0.2) is 35.1 Å². The lowest BCUT2D eigenvalue weighted by atomic mass is 10.0. The summed E-state index contributed by atoms with van der Waals surface area (Å²) in [6, 6.07) is 6.02. The second kappa shape index (κ2) is 6.74. The van der Waals surface area contributed by atoms with E-state index in [0.717, 1.165) is 5.56 Å². The molecule has 1 aromatic carbocycles. The van der Waals surface area contributed by atoms with Crippen LogP contribution in [0.5, 0.6) is 5.88 Å². The van der Waals surface area contributed by atoms with Crippen molar-refractivity contribution in [3.8, 4) is 5.88 Å². The van der Waals surface area contributed by atoms with Crippen LogP contribution >= 0.6 is 15.9 Å². The molecular weight excluding hydrogens is 327 g/mol. The number of hydrogen-bond acceptors (Lipinski definition) is 5. The highest BCUT2D eigenvalue weighted by atomic mass is 79.9. The fourth-order valence-electron chi connectivity index (χ4n) is 1.81.